The van der Waals surface area contributed by atoms with E-state index in [9.17, 15) is 4.79 Å². The molecule has 0 aliphatic carbocycles. The number of hydrogen-bond acceptors (Lipinski definition) is 1. The van der Waals surface area contributed by atoms with E-state index in [0.29, 0.717) is 13.1 Å². The van der Waals surface area contributed by atoms with Gasteiger partial charge in [-0.1, -0.05) is 12.8 Å². The van der Waals surface area contributed by atoms with E-state index in [-0.39, 0.29) is 6.03 Å². The summed E-state index contributed by atoms with van der Waals surface area (Å²) < 4.78 is 0. The normalized spacial score (nSPS) is 7.82. The minimum absolute atomic E-state index is 0.144. The van der Waals surface area contributed by atoms with Crippen molar-refractivity contribution in [3.05, 3.63) is 0 Å². The fraction of sp³-hybridized carbons (Fsp3) is 0.625. The molecule has 0 saturated carbocycles. The molecule has 0 aliphatic heterocycles. The van der Waals surface area contributed by atoms with Crippen LogP contribution in [0.5, 0.6) is 0 Å². The third-order valence-corrected chi connectivity index (χ3v) is 1.05. The zero-order valence-corrected chi connectivity index (χ0v) is 7.03. The molecule has 0 fully saturated rings. The van der Waals surface area contributed by atoms with Crippen LogP contribution in [-0.2, 0) is 0 Å². The molecular weight excluding hydrogens is 140 g/mol. The van der Waals surface area contributed by atoms with Gasteiger partial charge in [0.15, 0.2) is 0 Å². The zero-order chi connectivity index (χ0) is 8.53. The lowest BCUT2D eigenvalue weighted by Gasteiger charge is -2.01. The van der Waals surface area contributed by atoms with Crippen LogP contribution in [0.15, 0.2) is 0 Å². The van der Waals surface area contributed by atoms with Gasteiger partial charge >= 0.3 is 6.03 Å². The standard InChI is InChI=1S/C8H14N2O/c1-3-5-7-10-8(11)9-6-4-2/h4,6-7H2,1-2H3,(H2,9,10,11). The van der Waals surface area contributed by atoms with Gasteiger partial charge in [-0.15, -0.1) is 5.92 Å². The molecule has 0 radical (unpaired) electrons. The van der Waals surface area contributed by atoms with Crippen molar-refractivity contribution in [2.24, 2.45) is 0 Å². The largest absolute Gasteiger partial charge is 0.338 e. The van der Waals surface area contributed by atoms with Gasteiger partial charge in [-0.05, 0) is 13.3 Å². The van der Waals surface area contributed by atoms with Crippen molar-refractivity contribution >= 4 is 6.03 Å². The number of rotatable bonds is 3. The van der Waals surface area contributed by atoms with Gasteiger partial charge in [0.2, 0.25) is 0 Å². The third kappa shape index (κ3) is 6.72. The highest BCUT2D eigenvalue weighted by Gasteiger charge is 1.93. The fourth-order valence-corrected chi connectivity index (χ4v) is 0.514. The summed E-state index contributed by atoms with van der Waals surface area (Å²) >= 11 is 0. The number of carbonyl (C=O) groups is 1. The van der Waals surface area contributed by atoms with Crippen LogP contribution in [0, 0.1) is 11.8 Å². The summed E-state index contributed by atoms with van der Waals surface area (Å²) in [4.78, 5) is 10.8. The number of hydrogen-bond donors (Lipinski definition) is 2. The maximum atomic E-state index is 10.8. The molecular formula is C8H14N2O. The van der Waals surface area contributed by atoms with Crippen LogP contribution in [0.4, 0.5) is 4.79 Å². The summed E-state index contributed by atoms with van der Waals surface area (Å²) in [7, 11) is 0. The topological polar surface area (TPSA) is 41.1 Å². The first-order valence-corrected chi connectivity index (χ1v) is 3.72. The molecule has 0 aromatic rings. The highest BCUT2D eigenvalue weighted by molar-refractivity contribution is 5.74. The Morgan fingerprint density at radius 1 is 1.45 bits per heavy atom. The van der Waals surface area contributed by atoms with E-state index in [2.05, 4.69) is 22.5 Å². The molecule has 0 rings (SSSR count). The van der Waals surface area contributed by atoms with E-state index < -0.39 is 0 Å². The van der Waals surface area contributed by atoms with E-state index >= 15 is 0 Å². The molecule has 3 heteroatoms. The fourth-order valence-electron chi connectivity index (χ4n) is 0.514. The van der Waals surface area contributed by atoms with Gasteiger partial charge in [0.1, 0.15) is 0 Å². The molecule has 0 atom stereocenters. The second-order valence-electron chi connectivity index (χ2n) is 2.04. The van der Waals surface area contributed by atoms with Crippen LogP contribution in [0.2, 0.25) is 0 Å². The first kappa shape index (κ1) is 9.83. The van der Waals surface area contributed by atoms with Crippen molar-refractivity contribution in [1.29, 1.82) is 0 Å². The molecule has 3 nitrogen and oxygen atoms in total. The second kappa shape index (κ2) is 6.94. The Labute approximate surface area is 67.6 Å². The van der Waals surface area contributed by atoms with Gasteiger partial charge in [0.25, 0.3) is 0 Å². The smallest absolute Gasteiger partial charge is 0.315 e. The molecule has 2 N–H and O–H groups in total. The summed E-state index contributed by atoms with van der Waals surface area (Å²) in [5.74, 6) is 5.42. The Morgan fingerprint density at radius 2 is 2.18 bits per heavy atom. The molecule has 0 heterocycles. The predicted octanol–water partition coefficient (Wildman–Crippen LogP) is 0.719. The van der Waals surface area contributed by atoms with Crippen LogP contribution in [0.3, 0.4) is 0 Å². The summed E-state index contributed by atoms with van der Waals surface area (Å²) in [6.07, 6.45) is 0.951. The summed E-state index contributed by atoms with van der Waals surface area (Å²) in [5, 5.41) is 5.27. The summed E-state index contributed by atoms with van der Waals surface area (Å²) in [6.45, 7) is 4.88. The molecule has 0 aromatic heterocycles. The lowest BCUT2D eigenvalue weighted by molar-refractivity contribution is 0.242. The molecule has 0 saturated heterocycles. The summed E-state index contributed by atoms with van der Waals surface area (Å²) in [6, 6.07) is -0.144. The van der Waals surface area contributed by atoms with Gasteiger partial charge in [-0.25, -0.2) is 4.79 Å². The predicted molar refractivity (Wildman–Crippen MR) is 45.1 cm³/mol. The molecule has 62 valence electrons. The van der Waals surface area contributed by atoms with Crippen LogP contribution in [0.1, 0.15) is 20.3 Å². The van der Waals surface area contributed by atoms with Crippen LogP contribution in [0.25, 0.3) is 0 Å². The third-order valence-electron chi connectivity index (χ3n) is 1.05. The van der Waals surface area contributed by atoms with E-state index in [1.165, 1.54) is 0 Å². The van der Waals surface area contributed by atoms with Crippen molar-refractivity contribution in [3.63, 3.8) is 0 Å². The number of carbonyl (C=O) groups excluding carboxylic acids is 1. The van der Waals surface area contributed by atoms with E-state index in [0.717, 1.165) is 6.42 Å². The average molecular weight is 154 g/mol. The lowest BCUT2D eigenvalue weighted by Crippen LogP contribution is -2.35. The number of amides is 2. The Kier molecular flexibility index (Phi) is 6.20. The number of urea groups is 1. The van der Waals surface area contributed by atoms with Crippen LogP contribution >= 0.6 is 0 Å². The maximum Gasteiger partial charge on any atom is 0.315 e. The highest BCUT2D eigenvalue weighted by atomic mass is 16.2. The first-order valence-electron chi connectivity index (χ1n) is 3.72. The molecule has 11 heavy (non-hydrogen) atoms. The van der Waals surface area contributed by atoms with Crippen molar-refractivity contribution in [3.8, 4) is 11.8 Å². The van der Waals surface area contributed by atoms with Crippen molar-refractivity contribution in [2.75, 3.05) is 13.1 Å². The lowest BCUT2D eigenvalue weighted by atomic mass is 10.5. The molecule has 0 aromatic carbocycles. The molecule has 0 bridgehead atoms. The highest BCUT2D eigenvalue weighted by Crippen LogP contribution is 1.69. The van der Waals surface area contributed by atoms with Crippen LogP contribution in [-0.4, -0.2) is 19.1 Å². The van der Waals surface area contributed by atoms with Crippen molar-refractivity contribution in [1.82, 2.24) is 10.6 Å². The van der Waals surface area contributed by atoms with Gasteiger partial charge in [0.05, 0.1) is 6.54 Å². The second-order valence-corrected chi connectivity index (χ2v) is 2.04. The molecule has 0 spiro atoms. The Hall–Kier alpha value is -1.17. The zero-order valence-electron chi connectivity index (χ0n) is 7.03. The minimum Gasteiger partial charge on any atom is -0.338 e. The van der Waals surface area contributed by atoms with Gasteiger partial charge in [-0.3, -0.25) is 0 Å². The summed E-state index contributed by atoms with van der Waals surface area (Å²) in [5.41, 5.74) is 0. The molecule has 2 amide bonds. The molecule has 0 unspecified atom stereocenters. The Morgan fingerprint density at radius 3 is 2.73 bits per heavy atom. The Balaban J connectivity index is 3.27. The average Bonchev–Trinajstić information content (AvgIpc) is 2.01. The SMILES string of the molecule is CC#CCNC(=O)NCCC. The van der Waals surface area contributed by atoms with Crippen molar-refractivity contribution in [2.45, 2.75) is 20.3 Å². The van der Waals surface area contributed by atoms with Crippen LogP contribution < -0.4 is 10.6 Å². The first-order chi connectivity index (χ1) is 5.31. The van der Waals surface area contributed by atoms with E-state index in [1.54, 1.807) is 6.92 Å². The maximum absolute atomic E-state index is 10.8. The quantitative estimate of drug-likeness (QED) is 0.578. The van der Waals surface area contributed by atoms with E-state index in [4.69, 9.17) is 0 Å². The van der Waals surface area contributed by atoms with Gasteiger partial charge < -0.3 is 10.6 Å². The van der Waals surface area contributed by atoms with E-state index in [1.807, 2.05) is 6.92 Å². The van der Waals surface area contributed by atoms with Gasteiger partial charge in [0, 0.05) is 6.54 Å². The monoisotopic (exact) mass is 154 g/mol. The molecule has 0 aliphatic rings. The Bertz CT molecular complexity index is 167. The minimum atomic E-state index is -0.144. The van der Waals surface area contributed by atoms with Crippen molar-refractivity contribution < 1.29 is 4.79 Å². The number of nitrogens with one attached hydrogen (secondary N) is 2. The van der Waals surface area contributed by atoms with Gasteiger partial charge in [-0.2, -0.15) is 0 Å².